The van der Waals surface area contributed by atoms with Crippen LogP contribution in [0, 0.1) is 13.8 Å². The van der Waals surface area contributed by atoms with Gasteiger partial charge in [-0.2, -0.15) is 0 Å². The van der Waals surface area contributed by atoms with Crippen LogP contribution in [0.4, 0.5) is 0 Å². The predicted molar refractivity (Wildman–Crippen MR) is 119 cm³/mol. The van der Waals surface area contributed by atoms with Crippen LogP contribution < -0.4 is 5.56 Å². The molecule has 0 atom stereocenters. The van der Waals surface area contributed by atoms with E-state index in [1.807, 2.05) is 86.6 Å². The van der Waals surface area contributed by atoms with E-state index in [2.05, 4.69) is 4.98 Å². The van der Waals surface area contributed by atoms with Crippen LogP contribution in [0.15, 0.2) is 83.7 Å². The van der Waals surface area contributed by atoms with E-state index in [9.17, 15) is 9.59 Å². The van der Waals surface area contributed by atoms with E-state index in [1.165, 1.54) is 6.08 Å². The quantitative estimate of drug-likeness (QED) is 0.365. The Balaban J connectivity index is 1.92. The second-order valence-corrected chi connectivity index (χ2v) is 7.17. The number of benzene rings is 3. The molecule has 142 valence electrons. The monoisotopic (exact) mass is 379 g/mol. The van der Waals surface area contributed by atoms with Crippen molar-refractivity contribution in [2.24, 2.45) is 0 Å². The molecule has 0 bridgehead atoms. The van der Waals surface area contributed by atoms with Crippen LogP contribution in [-0.2, 0) is 0 Å². The van der Waals surface area contributed by atoms with E-state index in [0.717, 1.165) is 27.6 Å². The highest BCUT2D eigenvalue weighted by molar-refractivity contribution is 6.15. The van der Waals surface area contributed by atoms with Gasteiger partial charge in [-0.15, -0.1) is 0 Å². The third-order valence-corrected chi connectivity index (χ3v) is 5.11. The highest BCUT2D eigenvalue weighted by Crippen LogP contribution is 2.30. The van der Waals surface area contributed by atoms with Crippen LogP contribution in [0.5, 0.6) is 0 Å². The lowest BCUT2D eigenvalue weighted by Crippen LogP contribution is -2.18. The lowest BCUT2D eigenvalue weighted by atomic mass is 9.93. The number of aryl methyl sites for hydroxylation is 2. The SMILES string of the molecule is Cc1ccc(-c2c(C(=O)C=Cc3ccccc3C)c(=O)[nH]c3ccccc23)cc1. The minimum Gasteiger partial charge on any atom is -0.321 e. The Morgan fingerprint density at radius 2 is 1.55 bits per heavy atom. The van der Waals surface area contributed by atoms with E-state index in [4.69, 9.17) is 0 Å². The number of ketones is 1. The minimum absolute atomic E-state index is 0.164. The summed E-state index contributed by atoms with van der Waals surface area (Å²) < 4.78 is 0. The molecule has 0 aliphatic heterocycles. The van der Waals surface area contributed by atoms with Crippen molar-refractivity contribution < 1.29 is 4.79 Å². The molecule has 0 amide bonds. The van der Waals surface area contributed by atoms with Gasteiger partial charge >= 0.3 is 0 Å². The number of nitrogens with one attached hydrogen (secondary N) is 1. The number of para-hydroxylation sites is 1. The molecule has 4 rings (SSSR count). The molecule has 1 heterocycles. The molecule has 0 spiro atoms. The molecule has 0 fully saturated rings. The second-order valence-electron chi connectivity index (χ2n) is 7.17. The summed E-state index contributed by atoms with van der Waals surface area (Å²) in [5.41, 5.74) is 5.17. The zero-order chi connectivity index (χ0) is 20.4. The largest absolute Gasteiger partial charge is 0.321 e. The normalized spacial score (nSPS) is 11.2. The van der Waals surface area contributed by atoms with E-state index >= 15 is 0 Å². The van der Waals surface area contributed by atoms with Crippen molar-refractivity contribution in [1.82, 2.24) is 4.98 Å². The van der Waals surface area contributed by atoms with E-state index < -0.39 is 0 Å². The van der Waals surface area contributed by atoms with Crippen LogP contribution in [-0.4, -0.2) is 10.8 Å². The van der Waals surface area contributed by atoms with E-state index in [0.29, 0.717) is 11.1 Å². The van der Waals surface area contributed by atoms with Crippen molar-refractivity contribution in [2.45, 2.75) is 13.8 Å². The zero-order valence-corrected chi connectivity index (χ0v) is 16.4. The number of pyridine rings is 1. The summed E-state index contributed by atoms with van der Waals surface area (Å²) in [6.45, 7) is 4.00. The number of H-pyrrole nitrogens is 1. The molecule has 0 saturated carbocycles. The zero-order valence-electron chi connectivity index (χ0n) is 16.4. The molecular weight excluding hydrogens is 358 g/mol. The molecule has 0 aliphatic carbocycles. The molecular formula is C26H21NO2. The summed E-state index contributed by atoms with van der Waals surface area (Å²) in [7, 11) is 0. The fourth-order valence-electron chi connectivity index (χ4n) is 3.52. The Morgan fingerprint density at radius 3 is 2.31 bits per heavy atom. The van der Waals surface area contributed by atoms with Crippen molar-refractivity contribution in [1.29, 1.82) is 0 Å². The summed E-state index contributed by atoms with van der Waals surface area (Å²) >= 11 is 0. The number of hydrogen-bond acceptors (Lipinski definition) is 2. The first-order valence-electron chi connectivity index (χ1n) is 9.54. The molecule has 1 N–H and O–H groups in total. The van der Waals surface area contributed by atoms with Crippen LogP contribution in [0.3, 0.4) is 0 Å². The minimum atomic E-state index is -0.376. The van der Waals surface area contributed by atoms with Gasteiger partial charge in [0.1, 0.15) is 0 Å². The third-order valence-electron chi connectivity index (χ3n) is 5.11. The Bertz CT molecular complexity index is 1290. The van der Waals surface area contributed by atoms with Crippen LogP contribution in [0.2, 0.25) is 0 Å². The second kappa shape index (κ2) is 7.72. The van der Waals surface area contributed by atoms with Gasteiger partial charge in [0.25, 0.3) is 5.56 Å². The fraction of sp³-hybridized carbons (Fsp3) is 0.0769. The number of carbonyl (C=O) groups excluding carboxylic acids is 1. The molecule has 0 aliphatic rings. The molecule has 0 unspecified atom stereocenters. The number of allylic oxidation sites excluding steroid dienone is 1. The molecule has 3 heteroatoms. The first-order chi connectivity index (χ1) is 14.0. The highest BCUT2D eigenvalue weighted by Gasteiger charge is 2.19. The maximum absolute atomic E-state index is 13.1. The number of fused-ring (bicyclic) bond motifs is 1. The summed E-state index contributed by atoms with van der Waals surface area (Å²) in [4.78, 5) is 28.9. The predicted octanol–water partition coefficient (Wildman–Crippen LogP) is 5.71. The van der Waals surface area contributed by atoms with Crippen molar-refractivity contribution in [3.05, 3.63) is 111 Å². The molecule has 4 aromatic rings. The molecule has 3 aromatic carbocycles. The Kier molecular flexibility index (Phi) is 4.96. The van der Waals surface area contributed by atoms with Crippen LogP contribution in [0.1, 0.15) is 27.0 Å². The number of carbonyl (C=O) groups is 1. The fourth-order valence-corrected chi connectivity index (χ4v) is 3.52. The van der Waals surface area contributed by atoms with Crippen molar-refractivity contribution in [3.8, 4) is 11.1 Å². The molecule has 3 nitrogen and oxygen atoms in total. The lowest BCUT2D eigenvalue weighted by molar-refractivity contribution is 0.104. The van der Waals surface area contributed by atoms with Gasteiger partial charge in [-0.1, -0.05) is 78.4 Å². The maximum atomic E-state index is 13.1. The molecule has 29 heavy (non-hydrogen) atoms. The van der Waals surface area contributed by atoms with Gasteiger partial charge in [0, 0.05) is 16.5 Å². The maximum Gasteiger partial charge on any atom is 0.260 e. The summed E-state index contributed by atoms with van der Waals surface area (Å²) in [5.74, 6) is -0.309. The van der Waals surface area contributed by atoms with Gasteiger partial charge < -0.3 is 4.98 Å². The summed E-state index contributed by atoms with van der Waals surface area (Å²) in [6, 6.07) is 23.3. The lowest BCUT2D eigenvalue weighted by Gasteiger charge is -2.11. The standard InChI is InChI=1S/C26H21NO2/c1-17-11-13-20(14-12-17)24-21-9-5-6-10-22(21)27-26(29)25(24)23(28)16-15-19-8-4-3-7-18(19)2/h3-16H,1-2H3,(H,27,29). The Morgan fingerprint density at radius 1 is 0.862 bits per heavy atom. The molecule has 0 saturated heterocycles. The van der Waals surface area contributed by atoms with Gasteiger partial charge in [0.05, 0.1) is 5.56 Å². The number of aromatic amines is 1. The number of rotatable bonds is 4. The Hall–Kier alpha value is -3.72. The first-order valence-corrected chi connectivity index (χ1v) is 9.54. The number of hydrogen-bond donors (Lipinski definition) is 1. The topological polar surface area (TPSA) is 49.9 Å². The van der Waals surface area contributed by atoms with Gasteiger partial charge in [-0.3, -0.25) is 9.59 Å². The van der Waals surface area contributed by atoms with Gasteiger partial charge in [-0.25, -0.2) is 0 Å². The van der Waals surface area contributed by atoms with E-state index in [-0.39, 0.29) is 16.9 Å². The molecule has 0 radical (unpaired) electrons. The Labute approximate surface area is 169 Å². The number of aromatic nitrogens is 1. The van der Waals surface area contributed by atoms with Crippen molar-refractivity contribution in [2.75, 3.05) is 0 Å². The van der Waals surface area contributed by atoms with Gasteiger partial charge in [0.2, 0.25) is 0 Å². The van der Waals surface area contributed by atoms with Crippen LogP contribution >= 0.6 is 0 Å². The van der Waals surface area contributed by atoms with Gasteiger partial charge in [0.15, 0.2) is 5.78 Å². The van der Waals surface area contributed by atoms with Crippen LogP contribution in [0.25, 0.3) is 28.1 Å². The third kappa shape index (κ3) is 3.67. The first kappa shape index (κ1) is 18.6. The smallest absolute Gasteiger partial charge is 0.260 e. The summed E-state index contributed by atoms with van der Waals surface area (Å²) in [6.07, 6.45) is 3.25. The highest BCUT2D eigenvalue weighted by atomic mass is 16.1. The average molecular weight is 379 g/mol. The summed E-state index contributed by atoms with van der Waals surface area (Å²) in [5, 5.41) is 0.851. The molecule has 1 aromatic heterocycles. The average Bonchev–Trinajstić information content (AvgIpc) is 2.72. The van der Waals surface area contributed by atoms with E-state index in [1.54, 1.807) is 6.08 Å². The van der Waals surface area contributed by atoms with Gasteiger partial charge in [-0.05, 0) is 42.7 Å². The van der Waals surface area contributed by atoms with Crippen molar-refractivity contribution in [3.63, 3.8) is 0 Å². The van der Waals surface area contributed by atoms with Crippen molar-refractivity contribution >= 4 is 22.8 Å².